The largest absolute Gasteiger partial charge is 0.486 e. The zero-order chi connectivity index (χ0) is 25.1. The Bertz CT molecular complexity index is 1200. The number of nitrogens with zero attached hydrogens (tertiary/aromatic N) is 2. The maximum absolute atomic E-state index is 12.8. The lowest BCUT2D eigenvalue weighted by Crippen LogP contribution is -2.40. The van der Waals surface area contributed by atoms with E-state index in [1.165, 1.54) is 11.1 Å². The molecule has 0 radical (unpaired) electrons. The fraction of sp³-hybridized carbons (Fsp3) is 0.379. The number of hydrogen-bond acceptors (Lipinski definition) is 4. The van der Waals surface area contributed by atoms with Gasteiger partial charge in [-0.05, 0) is 68.1 Å². The summed E-state index contributed by atoms with van der Waals surface area (Å²) in [6.07, 6.45) is 1.29. The SMILES string of the molecule is CCC(=O)N1CCc2ccc(OCc3ccc(C(=O)N(C)C(C)C)o3)cc2[C@@H]1c1ccc(C)cc1. The first-order valence-corrected chi connectivity index (χ1v) is 12.3. The summed E-state index contributed by atoms with van der Waals surface area (Å²) in [5.41, 5.74) is 4.60. The lowest BCUT2D eigenvalue weighted by molar-refractivity contribution is -0.132. The number of carbonyl (C=O) groups excluding carboxylic acids is 2. The quantitative estimate of drug-likeness (QED) is 0.452. The minimum atomic E-state index is -0.151. The summed E-state index contributed by atoms with van der Waals surface area (Å²) in [6.45, 7) is 8.80. The van der Waals surface area contributed by atoms with Gasteiger partial charge >= 0.3 is 0 Å². The predicted molar refractivity (Wildman–Crippen MR) is 135 cm³/mol. The third-order valence-electron chi connectivity index (χ3n) is 6.71. The Morgan fingerprint density at radius 3 is 2.54 bits per heavy atom. The summed E-state index contributed by atoms with van der Waals surface area (Å²) in [7, 11) is 1.76. The molecule has 6 heteroatoms. The Balaban J connectivity index is 1.57. The highest BCUT2D eigenvalue weighted by Crippen LogP contribution is 2.37. The van der Waals surface area contributed by atoms with Gasteiger partial charge in [0.2, 0.25) is 5.91 Å². The molecule has 2 amide bonds. The van der Waals surface area contributed by atoms with Gasteiger partial charge in [-0.25, -0.2) is 0 Å². The van der Waals surface area contributed by atoms with Crippen molar-refractivity contribution >= 4 is 11.8 Å². The van der Waals surface area contributed by atoms with Crippen LogP contribution in [0.4, 0.5) is 0 Å². The first-order chi connectivity index (χ1) is 16.8. The second-order valence-electron chi connectivity index (χ2n) is 9.43. The highest BCUT2D eigenvalue weighted by molar-refractivity contribution is 5.91. The Hall–Kier alpha value is -3.54. The van der Waals surface area contributed by atoms with Crippen LogP contribution in [-0.2, 0) is 17.8 Å². The second kappa shape index (κ2) is 10.4. The number of aryl methyl sites for hydroxylation is 1. The Kier molecular flexibility index (Phi) is 7.29. The number of rotatable bonds is 7. The molecule has 0 bridgehead atoms. The normalized spacial score (nSPS) is 15.1. The van der Waals surface area contributed by atoms with Crippen LogP contribution in [-0.4, -0.2) is 41.2 Å². The average molecular weight is 475 g/mol. The van der Waals surface area contributed by atoms with Crippen molar-refractivity contribution in [2.45, 2.75) is 59.2 Å². The van der Waals surface area contributed by atoms with Crippen LogP contribution in [0.1, 0.15) is 71.8 Å². The van der Waals surface area contributed by atoms with E-state index < -0.39 is 0 Å². The topological polar surface area (TPSA) is 63.0 Å². The van der Waals surface area contributed by atoms with Crippen LogP contribution in [0, 0.1) is 6.92 Å². The van der Waals surface area contributed by atoms with E-state index in [1.54, 1.807) is 24.1 Å². The van der Waals surface area contributed by atoms with E-state index in [9.17, 15) is 9.59 Å². The van der Waals surface area contributed by atoms with Gasteiger partial charge in [0, 0.05) is 26.1 Å². The first-order valence-electron chi connectivity index (χ1n) is 12.3. The van der Waals surface area contributed by atoms with Gasteiger partial charge in [0.05, 0.1) is 6.04 Å². The van der Waals surface area contributed by atoms with E-state index in [4.69, 9.17) is 9.15 Å². The molecule has 1 aliphatic rings. The molecule has 1 aliphatic heterocycles. The summed E-state index contributed by atoms with van der Waals surface area (Å²) >= 11 is 0. The van der Waals surface area contributed by atoms with Gasteiger partial charge in [-0.15, -0.1) is 0 Å². The summed E-state index contributed by atoms with van der Waals surface area (Å²) in [6, 6.07) is 17.9. The second-order valence-corrected chi connectivity index (χ2v) is 9.43. The molecule has 1 aromatic heterocycles. The van der Waals surface area contributed by atoms with Crippen LogP contribution in [0.5, 0.6) is 5.75 Å². The molecule has 184 valence electrons. The van der Waals surface area contributed by atoms with Gasteiger partial charge in [-0.2, -0.15) is 0 Å². The van der Waals surface area contributed by atoms with Gasteiger partial charge in [-0.1, -0.05) is 42.8 Å². The molecule has 0 N–H and O–H groups in total. The van der Waals surface area contributed by atoms with Crippen LogP contribution < -0.4 is 4.74 Å². The van der Waals surface area contributed by atoms with Gasteiger partial charge < -0.3 is 19.0 Å². The molecule has 35 heavy (non-hydrogen) atoms. The van der Waals surface area contributed by atoms with Crippen molar-refractivity contribution < 1.29 is 18.7 Å². The monoisotopic (exact) mass is 474 g/mol. The Labute approximate surface area is 207 Å². The standard InChI is InChI=1S/C29H34N2O4/c1-6-27(32)31-16-15-21-11-12-23(17-25(21)28(31)22-9-7-20(4)8-10-22)34-18-24-13-14-26(35-24)29(33)30(5)19(2)3/h7-14,17,19,28H,6,15-16,18H2,1-5H3/t28-/m0/s1. The third-order valence-corrected chi connectivity index (χ3v) is 6.71. The number of amides is 2. The minimum absolute atomic E-state index is 0.0865. The molecule has 0 fully saturated rings. The lowest BCUT2D eigenvalue weighted by atomic mass is 9.87. The van der Waals surface area contributed by atoms with E-state index in [2.05, 4.69) is 37.3 Å². The molecular formula is C29H34N2O4. The Morgan fingerprint density at radius 1 is 1.11 bits per heavy atom. The third kappa shape index (κ3) is 5.26. The summed E-state index contributed by atoms with van der Waals surface area (Å²) in [5.74, 6) is 1.59. The molecule has 1 atom stereocenters. The minimum Gasteiger partial charge on any atom is -0.486 e. The lowest BCUT2D eigenvalue weighted by Gasteiger charge is -2.38. The number of benzene rings is 2. The maximum Gasteiger partial charge on any atom is 0.289 e. The van der Waals surface area contributed by atoms with E-state index in [0.29, 0.717) is 30.2 Å². The van der Waals surface area contributed by atoms with Crippen molar-refractivity contribution in [3.05, 3.63) is 88.4 Å². The van der Waals surface area contributed by atoms with E-state index >= 15 is 0 Å². The van der Waals surface area contributed by atoms with Crippen molar-refractivity contribution in [1.29, 1.82) is 0 Å². The van der Waals surface area contributed by atoms with Gasteiger partial charge in [0.15, 0.2) is 5.76 Å². The van der Waals surface area contributed by atoms with Crippen LogP contribution in [0.25, 0.3) is 0 Å². The van der Waals surface area contributed by atoms with Gasteiger partial charge in [0.1, 0.15) is 18.1 Å². The fourth-order valence-electron chi connectivity index (χ4n) is 4.40. The molecule has 0 aliphatic carbocycles. The van der Waals surface area contributed by atoms with E-state index in [0.717, 1.165) is 17.5 Å². The molecule has 0 unspecified atom stereocenters. The van der Waals surface area contributed by atoms with Crippen molar-refractivity contribution in [3.63, 3.8) is 0 Å². The zero-order valence-electron chi connectivity index (χ0n) is 21.2. The molecule has 3 aromatic rings. The number of carbonyl (C=O) groups is 2. The van der Waals surface area contributed by atoms with Crippen LogP contribution in [0.15, 0.2) is 59.0 Å². The molecule has 0 saturated carbocycles. The van der Waals surface area contributed by atoms with Crippen LogP contribution >= 0.6 is 0 Å². The fourth-order valence-corrected chi connectivity index (χ4v) is 4.40. The van der Waals surface area contributed by atoms with Crippen LogP contribution in [0.3, 0.4) is 0 Å². The van der Waals surface area contributed by atoms with Crippen LogP contribution in [0.2, 0.25) is 0 Å². The molecule has 2 aromatic carbocycles. The number of furan rings is 1. The summed E-state index contributed by atoms with van der Waals surface area (Å²) in [4.78, 5) is 28.9. The number of ether oxygens (including phenoxy) is 1. The Morgan fingerprint density at radius 2 is 1.86 bits per heavy atom. The van der Waals surface area contributed by atoms with Crippen molar-refractivity contribution in [3.8, 4) is 5.75 Å². The first kappa shape index (κ1) is 24.6. The van der Waals surface area contributed by atoms with E-state index in [-0.39, 0.29) is 30.5 Å². The highest BCUT2D eigenvalue weighted by atomic mass is 16.5. The smallest absolute Gasteiger partial charge is 0.289 e. The molecule has 0 spiro atoms. The number of fused-ring (bicyclic) bond motifs is 1. The summed E-state index contributed by atoms with van der Waals surface area (Å²) < 4.78 is 11.8. The predicted octanol–water partition coefficient (Wildman–Crippen LogP) is 5.53. The highest BCUT2D eigenvalue weighted by Gasteiger charge is 2.31. The molecule has 2 heterocycles. The van der Waals surface area contributed by atoms with Gasteiger partial charge in [-0.3, -0.25) is 9.59 Å². The molecule has 6 nitrogen and oxygen atoms in total. The molecule has 0 saturated heterocycles. The molecule has 4 rings (SSSR count). The number of hydrogen-bond donors (Lipinski definition) is 0. The van der Waals surface area contributed by atoms with Crippen molar-refractivity contribution in [2.75, 3.05) is 13.6 Å². The zero-order valence-corrected chi connectivity index (χ0v) is 21.2. The van der Waals surface area contributed by atoms with Crippen molar-refractivity contribution in [1.82, 2.24) is 9.80 Å². The van der Waals surface area contributed by atoms with Crippen molar-refractivity contribution in [2.24, 2.45) is 0 Å². The summed E-state index contributed by atoms with van der Waals surface area (Å²) in [5, 5.41) is 0. The van der Waals surface area contributed by atoms with E-state index in [1.807, 2.05) is 37.8 Å². The van der Waals surface area contributed by atoms with Gasteiger partial charge in [0.25, 0.3) is 5.91 Å². The maximum atomic E-state index is 12.8. The molecular weight excluding hydrogens is 440 g/mol. The average Bonchev–Trinajstić information content (AvgIpc) is 3.35.